The van der Waals surface area contributed by atoms with Crippen molar-refractivity contribution in [3.8, 4) is 0 Å². The number of imidazole rings is 1. The first-order valence-corrected chi connectivity index (χ1v) is 7.89. The number of carbonyl (C=O) groups excluding carboxylic acids is 1. The highest BCUT2D eigenvalue weighted by molar-refractivity contribution is 5.92. The Hall–Kier alpha value is -2.18. The Kier molecular flexibility index (Phi) is 3.40. The number of rotatable bonds is 4. The maximum Gasteiger partial charge on any atom is 0.271 e. The smallest absolute Gasteiger partial charge is 0.271 e. The van der Waals surface area contributed by atoms with Crippen LogP contribution in [0.25, 0.3) is 0 Å². The molecule has 0 bridgehead atoms. The number of piperidine rings is 1. The minimum absolute atomic E-state index is 0.0338. The second kappa shape index (κ2) is 5.55. The van der Waals surface area contributed by atoms with Gasteiger partial charge in [0.15, 0.2) is 5.82 Å². The highest BCUT2D eigenvalue weighted by atomic mass is 16.5. The summed E-state index contributed by atoms with van der Waals surface area (Å²) in [4.78, 5) is 25.4. The van der Waals surface area contributed by atoms with Gasteiger partial charge in [0.25, 0.3) is 5.91 Å². The molecule has 0 radical (unpaired) electrons. The third-order valence-electron chi connectivity index (χ3n) is 4.51. The van der Waals surface area contributed by atoms with E-state index in [4.69, 9.17) is 4.52 Å². The number of carbonyl (C=O) groups is 1. The number of hydrogen-bond acceptors (Lipinski definition) is 5. The van der Waals surface area contributed by atoms with Crippen molar-refractivity contribution in [2.75, 3.05) is 13.1 Å². The fourth-order valence-corrected chi connectivity index (χ4v) is 2.99. The van der Waals surface area contributed by atoms with E-state index in [1.807, 2.05) is 4.90 Å². The first-order chi connectivity index (χ1) is 10.8. The molecule has 7 nitrogen and oxygen atoms in total. The summed E-state index contributed by atoms with van der Waals surface area (Å²) in [6, 6.07) is 0. The molecule has 1 aliphatic heterocycles. The Bertz CT molecular complexity index is 639. The maximum atomic E-state index is 12.2. The normalized spacial score (nSPS) is 19.5. The molecular formula is C15H19N5O2. The highest BCUT2D eigenvalue weighted by Gasteiger charge is 2.30. The van der Waals surface area contributed by atoms with Gasteiger partial charge in [-0.15, -0.1) is 0 Å². The molecule has 22 heavy (non-hydrogen) atoms. The summed E-state index contributed by atoms with van der Waals surface area (Å²) in [6.45, 7) is 1.55. The van der Waals surface area contributed by atoms with E-state index in [9.17, 15) is 4.79 Å². The Morgan fingerprint density at radius 3 is 2.82 bits per heavy atom. The van der Waals surface area contributed by atoms with Gasteiger partial charge in [-0.2, -0.15) is 4.98 Å². The van der Waals surface area contributed by atoms with Gasteiger partial charge in [-0.05, 0) is 31.6 Å². The largest absolute Gasteiger partial charge is 0.341 e. The number of nitrogens with one attached hydrogen (secondary N) is 1. The van der Waals surface area contributed by atoms with Crippen LogP contribution in [0, 0.1) is 5.92 Å². The molecule has 4 rings (SSSR count). The van der Waals surface area contributed by atoms with E-state index in [1.54, 1.807) is 6.20 Å². The van der Waals surface area contributed by atoms with Crippen LogP contribution in [0.4, 0.5) is 0 Å². The first-order valence-electron chi connectivity index (χ1n) is 7.89. The molecule has 0 atom stereocenters. The van der Waals surface area contributed by atoms with Crippen LogP contribution < -0.4 is 0 Å². The summed E-state index contributed by atoms with van der Waals surface area (Å²) in [5, 5.41) is 4.09. The quantitative estimate of drug-likeness (QED) is 0.929. The second-order valence-corrected chi connectivity index (χ2v) is 6.23. The third kappa shape index (κ3) is 2.75. The zero-order valence-corrected chi connectivity index (χ0v) is 12.4. The van der Waals surface area contributed by atoms with Crippen molar-refractivity contribution in [2.45, 2.75) is 38.0 Å². The van der Waals surface area contributed by atoms with E-state index >= 15 is 0 Å². The third-order valence-corrected chi connectivity index (χ3v) is 4.51. The number of nitrogens with zero attached hydrogens (tertiary/aromatic N) is 4. The van der Waals surface area contributed by atoms with E-state index < -0.39 is 0 Å². The first kappa shape index (κ1) is 13.5. The van der Waals surface area contributed by atoms with Gasteiger partial charge < -0.3 is 14.4 Å². The maximum absolute atomic E-state index is 12.2. The number of aromatic nitrogens is 4. The topological polar surface area (TPSA) is 87.9 Å². The Morgan fingerprint density at radius 1 is 1.32 bits per heavy atom. The van der Waals surface area contributed by atoms with Gasteiger partial charge in [-0.25, -0.2) is 4.98 Å². The lowest BCUT2D eigenvalue weighted by Gasteiger charge is -2.31. The zero-order chi connectivity index (χ0) is 14.9. The average Bonchev–Trinajstić information content (AvgIpc) is 3.06. The molecule has 2 aromatic rings. The van der Waals surface area contributed by atoms with Crippen molar-refractivity contribution in [3.63, 3.8) is 0 Å². The molecule has 116 valence electrons. The fourth-order valence-electron chi connectivity index (χ4n) is 2.99. The molecule has 0 aromatic carbocycles. The van der Waals surface area contributed by atoms with E-state index in [0.29, 0.717) is 17.5 Å². The van der Waals surface area contributed by atoms with Gasteiger partial charge in [0.2, 0.25) is 5.89 Å². The van der Waals surface area contributed by atoms with Crippen LogP contribution in [0.1, 0.15) is 53.8 Å². The summed E-state index contributed by atoms with van der Waals surface area (Å²) in [7, 11) is 0. The number of hydrogen-bond donors (Lipinski definition) is 1. The Balaban J connectivity index is 1.30. The molecule has 3 heterocycles. The predicted molar refractivity (Wildman–Crippen MR) is 77.2 cm³/mol. The number of likely N-dealkylation sites (tertiary alicyclic amines) is 1. The molecule has 2 aliphatic rings. The standard InChI is InChI=1S/C15H19N5O2/c21-15(12-8-16-9-17-12)20-5-3-10(4-6-20)7-13-18-14(22-19-13)11-1-2-11/h8-11H,1-7H2,(H,16,17). The number of aromatic amines is 1. The lowest BCUT2D eigenvalue weighted by Crippen LogP contribution is -2.39. The Morgan fingerprint density at radius 2 is 2.14 bits per heavy atom. The van der Waals surface area contributed by atoms with Crippen LogP contribution in [-0.2, 0) is 6.42 Å². The lowest BCUT2D eigenvalue weighted by molar-refractivity contribution is 0.0684. The molecule has 0 spiro atoms. The van der Waals surface area contributed by atoms with Crippen LogP contribution in [0.15, 0.2) is 17.0 Å². The molecule has 1 amide bonds. The molecular weight excluding hydrogens is 282 g/mol. The predicted octanol–water partition coefficient (Wildman–Crippen LogP) is 1.77. The molecule has 1 saturated heterocycles. The fraction of sp³-hybridized carbons (Fsp3) is 0.600. The summed E-state index contributed by atoms with van der Waals surface area (Å²) in [6.07, 6.45) is 8.27. The van der Waals surface area contributed by atoms with Crippen molar-refractivity contribution >= 4 is 5.91 Å². The lowest BCUT2D eigenvalue weighted by atomic mass is 9.93. The van der Waals surface area contributed by atoms with E-state index in [-0.39, 0.29) is 5.91 Å². The Labute approximate surface area is 128 Å². The van der Waals surface area contributed by atoms with Crippen molar-refractivity contribution < 1.29 is 9.32 Å². The van der Waals surface area contributed by atoms with Gasteiger partial charge in [0.05, 0.1) is 12.5 Å². The molecule has 2 aromatic heterocycles. The van der Waals surface area contributed by atoms with Gasteiger partial charge in [-0.1, -0.05) is 5.16 Å². The van der Waals surface area contributed by atoms with Crippen molar-refractivity contribution in [1.29, 1.82) is 0 Å². The van der Waals surface area contributed by atoms with Gasteiger partial charge >= 0.3 is 0 Å². The van der Waals surface area contributed by atoms with Crippen LogP contribution >= 0.6 is 0 Å². The van der Waals surface area contributed by atoms with Crippen LogP contribution in [-0.4, -0.2) is 44.0 Å². The van der Waals surface area contributed by atoms with E-state index in [2.05, 4.69) is 20.1 Å². The minimum Gasteiger partial charge on any atom is -0.341 e. The van der Waals surface area contributed by atoms with Crippen molar-refractivity contribution in [2.24, 2.45) is 5.92 Å². The summed E-state index contributed by atoms with van der Waals surface area (Å²) < 4.78 is 5.30. The minimum atomic E-state index is 0.0338. The number of H-pyrrole nitrogens is 1. The van der Waals surface area contributed by atoms with Crippen LogP contribution in [0.5, 0.6) is 0 Å². The summed E-state index contributed by atoms with van der Waals surface area (Å²) >= 11 is 0. The zero-order valence-electron chi connectivity index (χ0n) is 12.4. The SMILES string of the molecule is O=C(c1cnc[nH]1)N1CCC(Cc2noc(C3CC3)n2)CC1. The average molecular weight is 301 g/mol. The molecule has 7 heteroatoms. The van der Waals surface area contributed by atoms with Gasteiger partial charge in [0.1, 0.15) is 5.69 Å². The summed E-state index contributed by atoms with van der Waals surface area (Å²) in [5.41, 5.74) is 0.561. The van der Waals surface area contributed by atoms with Crippen molar-refractivity contribution in [3.05, 3.63) is 29.9 Å². The van der Waals surface area contributed by atoms with Crippen molar-refractivity contribution in [1.82, 2.24) is 25.0 Å². The molecule has 0 unspecified atom stereocenters. The van der Waals surface area contributed by atoms with Crippen LogP contribution in [0.3, 0.4) is 0 Å². The monoisotopic (exact) mass is 301 g/mol. The summed E-state index contributed by atoms with van der Waals surface area (Å²) in [5.74, 6) is 2.69. The van der Waals surface area contributed by atoms with Gasteiger partial charge in [-0.3, -0.25) is 4.79 Å². The highest BCUT2D eigenvalue weighted by Crippen LogP contribution is 2.39. The number of amides is 1. The molecule has 1 aliphatic carbocycles. The van der Waals surface area contributed by atoms with E-state index in [0.717, 1.165) is 44.1 Å². The molecule has 1 saturated carbocycles. The molecule has 2 fully saturated rings. The van der Waals surface area contributed by atoms with Gasteiger partial charge in [0, 0.05) is 25.4 Å². The molecule has 1 N–H and O–H groups in total. The van der Waals surface area contributed by atoms with Crippen LogP contribution in [0.2, 0.25) is 0 Å². The second-order valence-electron chi connectivity index (χ2n) is 6.23. The van der Waals surface area contributed by atoms with E-state index in [1.165, 1.54) is 19.2 Å².